The van der Waals surface area contributed by atoms with Gasteiger partial charge < -0.3 is 10.4 Å². The summed E-state index contributed by atoms with van der Waals surface area (Å²) in [4.78, 5) is 0. The highest BCUT2D eigenvalue weighted by Crippen LogP contribution is 2.29. The van der Waals surface area contributed by atoms with Crippen molar-refractivity contribution in [2.24, 2.45) is 11.8 Å². The average molecular weight is 185 g/mol. The minimum atomic E-state index is 0.250. The Bertz CT molecular complexity index is 147. The van der Waals surface area contributed by atoms with E-state index >= 15 is 0 Å². The van der Waals surface area contributed by atoms with Crippen LogP contribution >= 0.6 is 0 Å². The highest BCUT2D eigenvalue weighted by Gasteiger charge is 2.24. The fraction of sp³-hybridized carbons (Fsp3) is 1.00. The van der Waals surface area contributed by atoms with Crippen molar-refractivity contribution < 1.29 is 5.11 Å². The normalized spacial score (nSPS) is 37.4. The quantitative estimate of drug-likeness (QED) is 0.702. The van der Waals surface area contributed by atoms with Gasteiger partial charge >= 0.3 is 0 Å². The first-order valence-electron chi connectivity index (χ1n) is 5.50. The minimum Gasteiger partial charge on any atom is -0.395 e. The van der Waals surface area contributed by atoms with Crippen LogP contribution in [0.4, 0.5) is 0 Å². The summed E-state index contributed by atoms with van der Waals surface area (Å²) in [5, 5.41) is 12.4. The zero-order valence-electron chi connectivity index (χ0n) is 9.09. The zero-order valence-corrected chi connectivity index (χ0v) is 9.09. The Labute approximate surface area is 81.7 Å². The molecule has 13 heavy (non-hydrogen) atoms. The van der Waals surface area contributed by atoms with E-state index in [1.165, 1.54) is 19.3 Å². The molecule has 0 amide bonds. The highest BCUT2D eigenvalue weighted by atomic mass is 16.3. The Morgan fingerprint density at radius 1 is 1.31 bits per heavy atom. The standard InChI is InChI=1S/C11H23NO/c1-8-4-5-11(6-9(8)2)12-10(3)7-13/h8-13H,4-7H2,1-3H3/t8-,9-,10-,11-/m0/s1. The topological polar surface area (TPSA) is 32.3 Å². The van der Waals surface area contributed by atoms with Gasteiger partial charge in [0.1, 0.15) is 0 Å². The molecule has 1 rings (SSSR count). The van der Waals surface area contributed by atoms with E-state index in [2.05, 4.69) is 19.2 Å². The van der Waals surface area contributed by atoms with Gasteiger partial charge in [0.2, 0.25) is 0 Å². The third kappa shape index (κ3) is 3.28. The Hall–Kier alpha value is -0.0800. The van der Waals surface area contributed by atoms with Gasteiger partial charge in [0.25, 0.3) is 0 Å². The van der Waals surface area contributed by atoms with Gasteiger partial charge in [0.15, 0.2) is 0 Å². The molecule has 0 saturated heterocycles. The number of nitrogens with one attached hydrogen (secondary N) is 1. The Kier molecular flexibility index (Phi) is 4.20. The van der Waals surface area contributed by atoms with Crippen LogP contribution in [0.15, 0.2) is 0 Å². The van der Waals surface area contributed by atoms with Gasteiger partial charge in [-0.15, -0.1) is 0 Å². The first kappa shape index (κ1) is 11.0. The van der Waals surface area contributed by atoms with Crippen LogP contribution in [0.25, 0.3) is 0 Å². The maximum absolute atomic E-state index is 8.92. The van der Waals surface area contributed by atoms with E-state index in [1.54, 1.807) is 0 Å². The fourth-order valence-corrected chi connectivity index (χ4v) is 2.15. The van der Waals surface area contributed by atoms with Crippen molar-refractivity contribution in [2.45, 2.75) is 52.1 Å². The lowest BCUT2D eigenvalue weighted by Gasteiger charge is -2.34. The van der Waals surface area contributed by atoms with Crippen LogP contribution in [-0.4, -0.2) is 23.8 Å². The summed E-state index contributed by atoms with van der Waals surface area (Å²) in [5.74, 6) is 1.71. The maximum Gasteiger partial charge on any atom is 0.0582 e. The zero-order chi connectivity index (χ0) is 9.84. The van der Waals surface area contributed by atoms with Crippen LogP contribution < -0.4 is 5.32 Å². The molecule has 0 aromatic rings. The molecule has 0 aliphatic heterocycles. The van der Waals surface area contributed by atoms with Gasteiger partial charge in [-0.05, 0) is 38.0 Å². The number of hydrogen-bond donors (Lipinski definition) is 2. The minimum absolute atomic E-state index is 0.250. The van der Waals surface area contributed by atoms with Gasteiger partial charge in [-0.1, -0.05) is 13.8 Å². The van der Waals surface area contributed by atoms with Gasteiger partial charge in [-0.3, -0.25) is 0 Å². The van der Waals surface area contributed by atoms with Crippen molar-refractivity contribution in [3.63, 3.8) is 0 Å². The molecule has 2 N–H and O–H groups in total. The summed E-state index contributed by atoms with van der Waals surface area (Å²) < 4.78 is 0. The molecule has 1 fully saturated rings. The van der Waals surface area contributed by atoms with Gasteiger partial charge in [0, 0.05) is 12.1 Å². The lowest BCUT2D eigenvalue weighted by atomic mass is 9.79. The van der Waals surface area contributed by atoms with E-state index in [0.29, 0.717) is 6.04 Å². The van der Waals surface area contributed by atoms with E-state index in [9.17, 15) is 0 Å². The molecular weight excluding hydrogens is 162 g/mol. The van der Waals surface area contributed by atoms with E-state index in [0.717, 1.165) is 11.8 Å². The summed E-state index contributed by atoms with van der Waals surface area (Å²) in [6.45, 7) is 6.97. The molecule has 0 heterocycles. The Morgan fingerprint density at radius 3 is 2.54 bits per heavy atom. The molecular formula is C11H23NO. The average Bonchev–Trinajstić information content (AvgIpc) is 2.11. The summed E-state index contributed by atoms with van der Waals surface area (Å²) >= 11 is 0. The summed E-state index contributed by atoms with van der Waals surface area (Å²) in [7, 11) is 0. The molecule has 4 atom stereocenters. The first-order chi connectivity index (χ1) is 6.13. The van der Waals surface area contributed by atoms with Crippen molar-refractivity contribution in [1.82, 2.24) is 5.32 Å². The number of aliphatic hydroxyl groups is 1. The van der Waals surface area contributed by atoms with E-state index in [-0.39, 0.29) is 12.6 Å². The summed E-state index contributed by atoms with van der Waals surface area (Å²) in [6, 6.07) is 0.888. The van der Waals surface area contributed by atoms with E-state index in [4.69, 9.17) is 5.11 Å². The first-order valence-corrected chi connectivity index (χ1v) is 5.50. The molecule has 2 heteroatoms. The number of hydrogen-bond acceptors (Lipinski definition) is 2. The molecule has 1 saturated carbocycles. The fourth-order valence-electron chi connectivity index (χ4n) is 2.15. The molecule has 1 aliphatic rings. The molecule has 0 unspecified atom stereocenters. The molecule has 0 aromatic heterocycles. The molecule has 78 valence electrons. The number of aliphatic hydroxyl groups excluding tert-OH is 1. The van der Waals surface area contributed by atoms with Crippen molar-refractivity contribution in [2.75, 3.05) is 6.61 Å². The highest BCUT2D eigenvalue weighted by molar-refractivity contribution is 4.81. The van der Waals surface area contributed by atoms with E-state index < -0.39 is 0 Å². The van der Waals surface area contributed by atoms with Crippen LogP contribution in [0.2, 0.25) is 0 Å². The van der Waals surface area contributed by atoms with Crippen LogP contribution in [0.1, 0.15) is 40.0 Å². The van der Waals surface area contributed by atoms with Crippen molar-refractivity contribution in [3.05, 3.63) is 0 Å². The third-order valence-electron chi connectivity index (χ3n) is 3.39. The predicted octanol–water partition coefficient (Wildman–Crippen LogP) is 1.78. The molecule has 0 aromatic carbocycles. The second kappa shape index (κ2) is 4.97. The predicted molar refractivity (Wildman–Crippen MR) is 55.7 cm³/mol. The monoisotopic (exact) mass is 185 g/mol. The molecule has 2 nitrogen and oxygen atoms in total. The van der Waals surface area contributed by atoms with Gasteiger partial charge in [-0.2, -0.15) is 0 Å². The molecule has 1 aliphatic carbocycles. The summed E-state index contributed by atoms with van der Waals surface area (Å²) in [6.07, 6.45) is 3.87. The molecule has 0 bridgehead atoms. The van der Waals surface area contributed by atoms with Crippen molar-refractivity contribution in [3.8, 4) is 0 Å². The number of rotatable bonds is 3. The van der Waals surface area contributed by atoms with Gasteiger partial charge in [0.05, 0.1) is 6.61 Å². The van der Waals surface area contributed by atoms with Crippen LogP contribution in [-0.2, 0) is 0 Å². The summed E-state index contributed by atoms with van der Waals surface area (Å²) in [5.41, 5.74) is 0. The SMILES string of the molecule is C[C@@H](CO)N[C@H]1CC[C@H](C)[C@@H](C)C1. The maximum atomic E-state index is 8.92. The van der Waals surface area contributed by atoms with Crippen LogP contribution in [0.3, 0.4) is 0 Å². The Morgan fingerprint density at radius 2 is 2.00 bits per heavy atom. The molecule has 0 radical (unpaired) electrons. The van der Waals surface area contributed by atoms with Crippen molar-refractivity contribution >= 4 is 0 Å². The van der Waals surface area contributed by atoms with E-state index in [1.807, 2.05) is 6.92 Å². The van der Waals surface area contributed by atoms with Crippen LogP contribution in [0.5, 0.6) is 0 Å². The lowest BCUT2D eigenvalue weighted by Crippen LogP contribution is -2.42. The second-order valence-electron chi connectivity index (χ2n) is 4.71. The van der Waals surface area contributed by atoms with Crippen LogP contribution in [0, 0.1) is 11.8 Å². The molecule has 0 spiro atoms. The smallest absolute Gasteiger partial charge is 0.0582 e. The van der Waals surface area contributed by atoms with Crippen molar-refractivity contribution in [1.29, 1.82) is 0 Å². The van der Waals surface area contributed by atoms with Gasteiger partial charge in [-0.25, -0.2) is 0 Å². The second-order valence-corrected chi connectivity index (χ2v) is 4.71. The third-order valence-corrected chi connectivity index (χ3v) is 3.39. The largest absolute Gasteiger partial charge is 0.395 e. The Balaban J connectivity index is 2.29. The lowest BCUT2D eigenvalue weighted by molar-refractivity contribution is 0.188.